The van der Waals surface area contributed by atoms with Gasteiger partial charge in [0.2, 0.25) is 0 Å². The topological polar surface area (TPSA) is 70.7 Å². The fraction of sp³-hybridized carbons (Fsp3) is 0.409. The molecule has 1 saturated heterocycles. The molecule has 2 aromatic rings. The highest BCUT2D eigenvalue weighted by Crippen LogP contribution is 2.32. The second kappa shape index (κ2) is 8.65. The number of ether oxygens (including phenoxy) is 1. The summed E-state index contributed by atoms with van der Waals surface area (Å²) in [7, 11) is -1.12. The van der Waals surface area contributed by atoms with Crippen molar-refractivity contribution in [2.24, 2.45) is 5.92 Å². The van der Waals surface area contributed by atoms with E-state index in [1.54, 1.807) is 11.3 Å². The van der Waals surface area contributed by atoms with Crippen LogP contribution >= 0.6 is 0 Å². The van der Waals surface area contributed by atoms with Gasteiger partial charge in [0.05, 0.1) is 6.54 Å². The zero-order valence-electron chi connectivity index (χ0n) is 16.9. The molecule has 0 bridgehead atoms. The third kappa shape index (κ3) is 4.52. The Morgan fingerprint density at radius 3 is 2.72 bits per heavy atom. The first kappa shape index (κ1) is 20.1. The van der Waals surface area contributed by atoms with E-state index < -0.39 is 11.0 Å². The zero-order chi connectivity index (χ0) is 20.4. The zero-order valence-corrected chi connectivity index (χ0v) is 17.7. The van der Waals surface area contributed by atoms with Gasteiger partial charge in [-0.15, -0.1) is 0 Å². The van der Waals surface area contributed by atoms with Gasteiger partial charge in [0.15, 0.2) is 0 Å². The molecule has 2 aliphatic heterocycles. The van der Waals surface area contributed by atoms with Crippen LogP contribution in [0.3, 0.4) is 0 Å². The number of benzene rings is 2. The molecule has 2 aliphatic rings. The number of hydrogen-bond donors (Lipinski definition) is 2. The van der Waals surface area contributed by atoms with Crippen LogP contribution in [0.1, 0.15) is 34.3 Å². The lowest BCUT2D eigenvalue weighted by atomic mass is 9.96. The number of anilines is 1. The van der Waals surface area contributed by atoms with E-state index in [1.165, 1.54) is 0 Å². The molecule has 0 aromatic heterocycles. The van der Waals surface area contributed by atoms with Gasteiger partial charge in [0, 0.05) is 37.3 Å². The highest BCUT2D eigenvalue weighted by Gasteiger charge is 2.30. The van der Waals surface area contributed by atoms with Gasteiger partial charge in [-0.05, 0) is 66.1 Å². The van der Waals surface area contributed by atoms with Crippen molar-refractivity contribution in [3.8, 4) is 11.1 Å². The number of fused-ring (bicyclic) bond motifs is 1. The molecule has 2 N–H and O–H groups in total. The molecular weight excluding hydrogens is 386 g/mol. The van der Waals surface area contributed by atoms with Crippen LogP contribution in [0.25, 0.3) is 11.1 Å². The third-order valence-corrected chi connectivity index (χ3v) is 6.10. The molecule has 29 heavy (non-hydrogen) atoms. The van der Waals surface area contributed by atoms with Crippen molar-refractivity contribution in [3.63, 3.8) is 0 Å². The van der Waals surface area contributed by atoms with E-state index in [0.717, 1.165) is 66.1 Å². The van der Waals surface area contributed by atoms with Gasteiger partial charge < -0.3 is 9.46 Å². The molecule has 4 rings (SSSR count). The van der Waals surface area contributed by atoms with Crippen LogP contribution < -0.4 is 10.1 Å². The molecule has 1 unspecified atom stereocenters. The number of nitrogens with one attached hydrogen (secondary N) is 2. The number of hydrogen-bond acceptors (Lipinski definition) is 4. The molecule has 0 radical (unpaired) electrons. The monoisotopic (exact) mass is 413 g/mol. The number of aryl methyl sites for hydroxylation is 1. The van der Waals surface area contributed by atoms with E-state index in [0.29, 0.717) is 12.5 Å². The molecule has 1 atom stereocenters. The van der Waals surface area contributed by atoms with E-state index in [9.17, 15) is 9.00 Å². The first-order chi connectivity index (χ1) is 14.0. The number of nitrogens with zero attached hydrogens (tertiary/aromatic N) is 1. The molecule has 1 fully saturated rings. The summed E-state index contributed by atoms with van der Waals surface area (Å²) < 4.78 is 19.8. The standard InChI is InChI=1S/C22H27N3O3S/c1-15-10-18(17-4-3-5-20(12-17)24-29(2)27)11-19-14-25(22(26)21(15)19)23-13-16-6-8-28-9-7-16/h3-5,10-12,16,23-24H,6-9,13-14H2,1-2H3. The van der Waals surface area contributed by atoms with Crippen LogP contribution in [0, 0.1) is 12.8 Å². The molecule has 1 amide bonds. The minimum Gasteiger partial charge on any atom is -0.381 e. The summed E-state index contributed by atoms with van der Waals surface area (Å²) in [5, 5.41) is 1.75. The van der Waals surface area contributed by atoms with Crippen molar-refractivity contribution < 1.29 is 13.7 Å². The highest BCUT2D eigenvalue weighted by molar-refractivity contribution is 7.85. The minimum atomic E-state index is -1.12. The highest BCUT2D eigenvalue weighted by atomic mass is 32.2. The van der Waals surface area contributed by atoms with Crippen LogP contribution in [-0.4, -0.2) is 41.1 Å². The Hall–Kier alpha value is -2.22. The molecule has 2 aromatic carbocycles. The van der Waals surface area contributed by atoms with Gasteiger partial charge in [-0.1, -0.05) is 18.2 Å². The van der Waals surface area contributed by atoms with Crippen LogP contribution in [0.2, 0.25) is 0 Å². The molecule has 0 aliphatic carbocycles. The van der Waals surface area contributed by atoms with E-state index in [1.807, 2.05) is 31.2 Å². The van der Waals surface area contributed by atoms with Crippen LogP contribution in [-0.2, 0) is 22.3 Å². The lowest BCUT2D eigenvalue weighted by molar-refractivity contribution is 0.0502. The Bertz CT molecular complexity index is 941. The van der Waals surface area contributed by atoms with Gasteiger partial charge >= 0.3 is 0 Å². The summed E-state index contributed by atoms with van der Waals surface area (Å²) in [5.41, 5.74) is 9.09. The maximum Gasteiger partial charge on any atom is 0.268 e. The molecule has 154 valence electrons. The SMILES string of the molecule is Cc1cc(-c2cccc(NS(C)=O)c2)cc2c1C(=O)N(NCC1CCOCC1)C2. The predicted octanol–water partition coefficient (Wildman–Crippen LogP) is 3.25. The minimum absolute atomic E-state index is 0.0490. The van der Waals surface area contributed by atoms with Gasteiger partial charge in [-0.3, -0.25) is 9.80 Å². The van der Waals surface area contributed by atoms with Gasteiger partial charge in [-0.2, -0.15) is 0 Å². The first-order valence-corrected chi connectivity index (χ1v) is 11.5. The van der Waals surface area contributed by atoms with Crippen molar-refractivity contribution in [2.45, 2.75) is 26.3 Å². The maximum atomic E-state index is 12.9. The molecular formula is C22H27N3O3S. The van der Waals surface area contributed by atoms with Crippen molar-refractivity contribution in [1.82, 2.24) is 10.4 Å². The largest absolute Gasteiger partial charge is 0.381 e. The number of amides is 1. The van der Waals surface area contributed by atoms with Crippen LogP contribution in [0.4, 0.5) is 5.69 Å². The Balaban J connectivity index is 1.52. The number of carbonyl (C=O) groups excluding carboxylic acids is 1. The van der Waals surface area contributed by atoms with Crippen molar-refractivity contribution in [2.75, 3.05) is 30.7 Å². The van der Waals surface area contributed by atoms with Crippen molar-refractivity contribution in [1.29, 1.82) is 0 Å². The second-order valence-corrected chi connectivity index (χ2v) is 8.89. The first-order valence-electron chi connectivity index (χ1n) is 9.98. The predicted molar refractivity (Wildman–Crippen MR) is 116 cm³/mol. The van der Waals surface area contributed by atoms with Crippen molar-refractivity contribution in [3.05, 3.63) is 53.1 Å². The van der Waals surface area contributed by atoms with E-state index >= 15 is 0 Å². The summed E-state index contributed by atoms with van der Waals surface area (Å²) in [5.74, 6) is 0.601. The lowest BCUT2D eigenvalue weighted by Gasteiger charge is -2.25. The number of hydrazine groups is 1. The van der Waals surface area contributed by atoms with Gasteiger partial charge in [-0.25, -0.2) is 9.63 Å². The van der Waals surface area contributed by atoms with Gasteiger partial charge in [0.1, 0.15) is 11.0 Å². The number of carbonyl (C=O) groups is 1. The Kier molecular flexibility index (Phi) is 5.99. The average Bonchev–Trinajstić information content (AvgIpc) is 3.03. The second-order valence-electron chi connectivity index (χ2n) is 7.77. The Morgan fingerprint density at radius 1 is 1.17 bits per heavy atom. The van der Waals surface area contributed by atoms with Crippen LogP contribution in [0.15, 0.2) is 36.4 Å². The fourth-order valence-corrected chi connectivity index (χ4v) is 4.54. The molecule has 6 nitrogen and oxygen atoms in total. The summed E-state index contributed by atoms with van der Waals surface area (Å²) in [6.45, 7) is 4.98. The van der Waals surface area contributed by atoms with Crippen molar-refractivity contribution >= 4 is 22.6 Å². The molecule has 2 heterocycles. The molecule has 0 spiro atoms. The number of rotatable bonds is 6. The van der Waals surface area contributed by atoms with E-state index in [2.05, 4.69) is 22.3 Å². The Morgan fingerprint density at radius 2 is 1.97 bits per heavy atom. The summed E-state index contributed by atoms with van der Waals surface area (Å²) in [4.78, 5) is 12.9. The summed E-state index contributed by atoms with van der Waals surface area (Å²) in [6, 6.07) is 12.0. The average molecular weight is 414 g/mol. The van der Waals surface area contributed by atoms with E-state index in [-0.39, 0.29) is 5.91 Å². The molecule has 7 heteroatoms. The molecule has 0 saturated carbocycles. The van der Waals surface area contributed by atoms with Crippen LogP contribution in [0.5, 0.6) is 0 Å². The smallest absolute Gasteiger partial charge is 0.268 e. The van der Waals surface area contributed by atoms with Gasteiger partial charge in [0.25, 0.3) is 5.91 Å². The third-order valence-electron chi connectivity index (χ3n) is 5.57. The quantitative estimate of drug-likeness (QED) is 0.763. The van der Waals surface area contributed by atoms with E-state index in [4.69, 9.17) is 4.74 Å². The summed E-state index contributed by atoms with van der Waals surface area (Å²) in [6.07, 6.45) is 3.69. The lowest BCUT2D eigenvalue weighted by Crippen LogP contribution is -2.41. The normalized spacial score (nSPS) is 18.0. The summed E-state index contributed by atoms with van der Waals surface area (Å²) >= 11 is 0. The Labute approximate surface area is 174 Å². The fourth-order valence-electron chi connectivity index (χ4n) is 4.08. The maximum absolute atomic E-state index is 12.9.